The standard InChI is InChI=1S/C12H13N3O/c1-8-11(7-14-12(16)15-8)10-5-3-2-4-9(10)6-13/h2-5,7H,6,13H2,1H3,(H,14,15,16). The molecule has 0 bridgehead atoms. The van der Waals surface area contributed by atoms with Gasteiger partial charge in [0, 0.05) is 24.0 Å². The summed E-state index contributed by atoms with van der Waals surface area (Å²) in [5.74, 6) is 0. The van der Waals surface area contributed by atoms with Gasteiger partial charge in [-0.2, -0.15) is 0 Å². The van der Waals surface area contributed by atoms with Crippen molar-refractivity contribution in [3.63, 3.8) is 0 Å². The number of aromatic nitrogens is 2. The van der Waals surface area contributed by atoms with Gasteiger partial charge in [0.15, 0.2) is 0 Å². The van der Waals surface area contributed by atoms with E-state index in [0.717, 1.165) is 22.4 Å². The third-order valence-corrected chi connectivity index (χ3v) is 2.54. The minimum Gasteiger partial charge on any atom is -0.326 e. The molecular formula is C12H13N3O. The Morgan fingerprint density at radius 1 is 1.31 bits per heavy atom. The van der Waals surface area contributed by atoms with E-state index in [1.165, 1.54) is 0 Å². The maximum Gasteiger partial charge on any atom is 0.345 e. The summed E-state index contributed by atoms with van der Waals surface area (Å²) in [6.07, 6.45) is 1.59. The molecular weight excluding hydrogens is 202 g/mol. The fourth-order valence-corrected chi connectivity index (χ4v) is 1.71. The van der Waals surface area contributed by atoms with Crippen LogP contribution < -0.4 is 11.4 Å². The van der Waals surface area contributed by atoms with Gasteiger partial charge in [-0.3, -0.25) is 0 Å². The number of hydrogen-bond donors (Lipinski definition) is 2. The molecule has 0 saturated heterocycles. The summed E-state index contributed by atoms with van der Waals surface area (Å²) >= 11 is 0. The van der Waals surface area contributed by atoms with Crippen LogP contribution in [0.15, 0.2) is 35.3 Å². The van der Waals surface area contributed by atoms with Crippen molar-refractivity contribution in [2.24, 2.45) is 5.73 Å². The molecule has 1 heterocycles. The van der Waals surface area contributed by atoms with Gasteiger partial charge >= 0.3 is 5.69 Å². The molecule has 0 aliphatic carbocycles. The van der Waals surface area contributed by atoms with Gasteiger partial charge in [0.05, 0.1) is 0 Å². The molecule has 3 N–H and O–H groups in total. The topological polar surface area (TPSA) is 71.8 Å². The van der Waals surface area contributed by atoms with Crippen LogP contribution in [0.5, 0.6) is 0 Å². The van der Waals surface area contributed by atoms with Crippen molar-refractivity contribution in [2.45, 2.75) is 13.5 Å². The highest BCUT2D eigenvalue weighted by atomic mass is 16.1. The van der Waals surface area contributed by atoms with E-state index >= 15 is 0 Å². The average Bonchev–Trinajstić information content (AvgIpc) is 2.29. The van der Waals surface area contributed by atoms with Crippen molar-refractivity contribution >= 4 is 0 Å². The predicted octanol–water partition coefficient (Wildman–Crippen LogP) is 1.20. The second kappa shape index (κ2) is 4.28. The fourth-order valence-electron chi connectivity index (χ4n) is 1.71. The van der Waals surface area contributed by atoms with Gasteiger partial charge < -0.3 is 10.7 Å². The van der Waals surface area contributed by atoms with Crippen molar-refractivity contribution in [3.8, 4) is 11.1 Å². The zero-order valence-corrected chi connectivity index (χ0v) is 9.03. The van der Waals surface area contributed by atoms with E-state index in [0.29, 0.717) is 6.54 Å². The number of rotatable bonds is 2. The van der Waals surface area contributed by atoms with Crippen LogP contribution in [0, 0.1) is 6.92 Å². The van der Waals surface area contributed by atoms with Crippen molar-refractivity contribution in [1.29, 1.82) is 0 Å². The zero-order chi connectivity index (χ0) is 11.5. The van der Waals surface area contributed by atoms with Crippen molar-refractivity contribution in [1.82, 2.24) is 9.97 Å². The lowest BCUT2D eigenvalue weighted by atomic mass is 10.0. The molecule has 1 aromatic heterocycles. The lowest BCUT2D eigenvalue weighted by molar-refractivity contribution is 1.02. The fraction of sp³-hybridized carbons (Fsp3) is 0.167. The molecule has 16 heavy (non-hydrogen) atoms. The molecule has 0 atom stereocenters. The first-order valence-corrected chi connectivity index (χ1v) is 5.06. The molecule has 0 amide bonds. The summed E-state index contributed by atoms with van der Waals surface area (Å²) in [6, 6.07) is 7.84. The number of nitrogens with one attached hydrogen (secondary N) is 1. The number of nitrogens with two attached hydrogens (primary N) is 1. The highest BCUT2D eigenvalue weighted by molar-refractivity contribution is 5.68. The summed E-state index contributed by atoms with van der Waals surface area (Å²) in [7, 11) is 0. The maximum atomic E-state index is 11.0. The lowest BCUT2D eigenvalue weighted by Crippen LogP contribution is -2.11. The van der Waals surface area contributed by atoms with Crippen LogP contribution in [0.1, 0.15) is 11.3 Å². The Morgan fingerprint density at radius 2 is 2.06 bits per heavy atom. The number of nitrogens with zero attached hydrogens (tertiary/aromatic N) is 1. The number of aromatic amines is 1. The van der Waals surface area contributed by atoms with E-state index in [1.807, 2.05) is 31.2 Å². The van der Waals surface area contributed by atoms with Gasteiger partial charge in [0.25, 0.3) is 0 Å². The van der Waals surface area contributed by atoms with Crippen molar-refractivity contribution < 1.29 is 0 Å². The van der Waals surface area contributed by atoms with E-state index < -0.39 is 0 Å². The Morgan fingerprint density at radius 3 is 2.75 bits per heavy atom. The molecule has 0 spiro atoms. The first-order valence-electron chi connectivity index (χ1n) is 5.06. The van der Waals surface area contributed by atoms with Gasteiger partial charge in [-0.05, 0) is 18.1 Å². The summed E-state index contributed by atoms with van der Waals surface area (Å²) in [6.45, 7) is 2.32. The normalized spacial score (nSPS) is 10.4. The third kappa shape index (κ3) is 1.87. The maximum absolute atomic E-state index is 11.0. The number of aryl methyl sites for hydroxylation is 1. The smallest absolute Gasteiger partial charge is 0.326 e. The van der Waals surface area contributed by atoms with Gasteiger partial charge in [-0.25, -0.2) is 9.78 Å². The highest BCUT2D eigenvalue weighted by Crippen LogP contribution is 2.23. The predicted molar refractivity (Wildman–Crippen MR) is 62.9 cm³/mol. The van der Waals surface area contributed by atoms with Crippen LogP contribution in [0.2, 0.25) is 0 Å². The molecule has 4 nitrogen and oxygen atoms in total. The molecule has 2 aromatic rings. The lowest BCUT2D eigenvalue weighted by Gasteiger charge is -2.09. The first-order chi connectivity index (χ1) is 7.72. The van der Waals surface area contributed by atoms with Crippen LogP contribution in [-0.4, -0.2) is 9.97 Å². The van der Waals surface area contributed by atoms with Crippen LogP contribution in [0.3, 0.4) is 0 Å². The van der Waals surface area contributed by atoms with Crippen LogP contribution in [-0.2, 0) is 6.54 Å². The molecule has 0 aliphatic rings. The summed E-state index contributed by atoms with van der Waals surface area (Å²) in [5.41, 5.74) is 9.13. The van der Waals surface area contributed by atoms with Crippen LogP contribution in [0.25, 0.3) is 11.1 Å². The minimum atomic E-state index is -0.327. The largest absolute Gasteiger partial charge is 0.345 e. The van der Waals surface area contributed by atoms with Crippen LogP contribution >= 0.6 is 0 Å². The zero-order valence-electron chi connectivity index (χ0n) is 9.03. The molecule has 0 aliphatic heterocycles. The Labute approximate surface area is 93.2 Å². The molecule has 82 valence electrons. The third-order valence-electron chi connectivity index (χ3n) is 2.54. The van der Waals surface area contributed by atoms with E-state index in [2.05, 4.69) is 9.97 Å². The van der Waals surface area contributed by atoms with E-state index in [1.54, 1.807) is 6.20 Å². The number of H-pyrrole nitrogens is 1. The molecule has 0 radical (unpaired) electrons. The minimum absolute atomic E-state index is 0.327. The second-order valence-electron chi connectivity index (χ2n) is 3.59. The first kappa shape index (κ1) is 10.6. The molecule has 2 rings (SSSR count). The van der Waals surface area contributed by atoms with Crippen molar-refractivity contribution in [3.05, 3.63) is 52.2 Å². The van der Waals surface area contributed by atoms with E-state index in [9.17, 15) is 4.79 Å². The summed E-state index contributed by atoms with van der Waals surface area (Å²) < 4.78 is 0. The summed E-state index contributed by atoms with van der Waals surface area (Å²) in [4.78, 5) is 17.5. The van der Waals surface area contributed by atoms with E-state index in [-0.39, 0.29) is 5.69 Å². The molecule has 4 heteroatoms. The molecule has 0 unspecified atom stereocenters. The Kier molecular flexibility index (Phi) is 2.83. The van der Waals surface area contributed by atoms with Gasteiger partial charge in [0.1, 0.15) is 0 Å². The number of hydrogen-bond acceptors (Lipinski definition) is 3. The van der Waals surface area contributed by atoms with E-state index in [4.69, 9.17) is 5.73 Å². The number of benzene rings is 1. The second-order valence-corrected chi connectivity index (χ2v) is 3.59. The Balaban J connectivity index is 2.63. The highest BCUT2D eigenvalue weighted by Gasteiger charge is 2.06. The Bertz CT molecular complexity index is 560. The molecule has 0 fully saturated rings. The Hall–Kier alpha value is -1.94. The monoisotopic (exact) mass is 215 g/mol. The van der Waals surface area contributed by atoms with Crippen LogP contribution in [0.4, 0.5) is 0 Å². The average molecular weight is 215 g/mol. The van der Waals surface area contributed by atoms with Crippen molar-refractivity contribution in [2.75, 3.05) is 0 Å². The van der Waals surface area contributed by atoms with Gasteiger partial charge in [-0.15, -0.1) is 0 Å². The van der Waals surface area contributed by atoms with Gasteiger partial charge in [0.2, 0.25) is 0 Å². The molecule has 0 saturated carbocycles. The molecule has 1 aromatic carbocycles. The summed E-state index contributed by atoms with van der Waals surface area (Å²) in [5, 5.41) is 0. The van der Waals surface area contributed by atoms with Gasteiger partial charge in [-0.1, -0.05) is 24.3 Å². The quantitative estimate of drug-likeness (QED) is 0.790. The SMILES string of the molecule is Cc1[nH]c(=O)ncc1-c1ccccc1CN.